The van der Waals surface area contributed by atoms with Crippen molar-refractivity contribution in [1.82, 2.24) is 10.6 Å². The Balaban J connectivity index is 0.00000484. The summed E-state index contributed by atoms with van der Waals surface area (Å²) in [6.07, 6.45) is 4.70. The highest BCUT2D eigenvalue weighted by Gasteiger charge is 2.00. The lowest BCUT2D eigenvalue weighted by Crippen LogP contribution is -2.40. The van der Waals surface area contributed by atoms with Gasteiger partial charge < -0.3 is 19.8 Å². The molecule has 0 aliphatic heterocycles. The van der Waals surface area contributed by atoms with E-state index in [1.807, 2.05) is 12.1 Å². The lowest BCUT2D eigenvalue weighted by molar-refractivity contribution is 0.128. The van der Waals surface area contributed by atoms with Crippen molar-refractivity contribution >= 4 is 29.9 Å². The van der Waals surface area contributed by atoms with Crippen molar-refractivity contribution in [2.75, 3.05) is 32.8 Å². The molecule has 0 bridgehead atoms. The highest BCUT2D eigenvalue weighted by atomic mass is 127. The Morgan fingerprint density at radius 2 is 2.04 bits per heavy atom. The van der Waals surface area contributed by atoms with Gasteiger partial charge in [0.25, 0.3) is 0 Å². The molecule has 6 heteroatoms. The number of nitrogens with zero attached hydrogens (tertiary/aromatic N) is 1. The summed E-state index contributed by atoms with van der Waals surface area (Å²) in [5.41, 5.74) is 0. The van der Waals surface area contributed by atoms with Gasteiger partial charge in [-0.05, 0) is 30.9 Å². The van der Waals surface area contributed by atoms with Gasteiger partial charge in [0.1, 0.15) is 5.76 Å². The Bertz CT molecular complexity index is 395. The molecule has 134 valence electrons. The van der Waals surface area contributed by atoms with Crippen LogP contribution >= 0.6 is 24.0 Å². The van der Waals surface area contributed by atoms with Crippen LogP contribution in [0.15, 0.2) is 27.8 Å². The zero-order valence-electron chi connectivity index (χ0n) is 14.6. The maximum absolute atomic E-state index is 5.60. The number of hydrogen-bond acceptors (Lipinski definition) is 3. The third kappa shape index (κ3) is 12.3. The molecule has 2 N–H and O–H groups in total. The standard InChI is InChI=1S/C17H31N3O2.HI/c1-4-9-18-17(19-10-7-16-6-5-12-22-16)20-11-14-21-13-8-15(2)3;/h5-6,12,15H,4,7-11,13-14H2,1-3H3,(H2,18,19,20);1H. The molecular weight excluding hydrogens is 405 g/mol. The maximum Gasteiger partial charge on any atom is 0.191 e. The van der Waals surface area contributed by atoms with E-state index < -0.39 is 0 Å². The van der Waals surface area contributed by atoms with Gasteiger partial charge in [0, 0.05) is 32.7 Å². The molecule has 0 fully saturated rings. The first-order valence-corrected chi connectivity index (χ1v) is 8.34. The van der Waals surface area contributed by atoms with Crippen LogP contribution in [0.1, 0.15) is 39.4 Å². The quantitative estimate of drug-likeness (QED) is 0.241. The van der Waals surface area contributed by atoms with Gasteiger partial charge in [0.2, 0.25) is 0 Å². The van der Waals surface area contributed by atoms with E-state index in [0.29, 0.717) is 12.5 Å². The van der Waals surface area contributed by atoms with Crippen LogP contribution in [0, 0.1) is 5.92 Å². The SMILES string of the molecule is CCCN=C(NCCOCCC(C)C)NCCc1ccco1.I. The number of aliphatic imine (C=N–C) groups is 1. The Kier molecular flexibility index (Phi) is 14.3. The number of guanidine groups is 1. The van der Waals surface area contributed by atoms with Crippen LogP contribution in [0.4, 0.5) is 0 Å². The van der Waals surface area contributed by atoms with Crippen LogP contribution in [-0.4, -0.2) is 38.8 Å². The number of furan rings is 1. The molecule has 0 amide bonds. The van der Waals surface area contributed by atoms with Gasteiger partial charge in [0.15, 0.2) is 5.96 Å². The van der Waals surface area contributed by atoms with Gasteiger partial charge in [-0.15, -0.1) is 24.0 Å². The number of rotatable bonds is 11. The van der Waals surface area contributed by atoms with Crippen LogP contribution in [-0.2, 0) is 11.2 Å². The lowest BCUT2D eigenvalue weighted by Gasteiger charge is -2.12. The number of hydrogen-bond donors (Lipinski definition) is 2. The first kappa shape index (κ1) is 22.2. The van der Waals surface area contributed by atoms with E-state index in [1.165, 1.54) is 0 Å². The molecule has 0 saturated heterocycles. The summed E-state index contributed by atoms with van der Waals surface area (Å²) < 4.78 is 10.9. The third-order valence-electron chi connectivity index (χ3n) is 3.12. The van der Waals surface area contributed by atoms with Crippen molar-refractivity contribution in [3.05, 3.63) is 24.2 Å². The Hall–Kier alpha value is -0.760. The van der Waals surface area contributed by atoms with Gasteiger partial charge >= 0.3 is 0 Å². The van der Waals surface area contributed by atoms with Crippen LogP contribution in [0.2, 0.25) is 0 Å². The Labute approximate surface area is 157 Å². The Morgan fingerprint density at radius 3 is 2.70 bits per heavy atom. The third-order valence-corrected chi connectivity index (χ3v) is 3.12. The molecule has 1 aromatic heterocycles. The van der Waals surface area contributed by atoms with E-state index in [9.17, 15) is 0 Å². The summed E-state index contributed by atoms with van der Waals surface area (Å²) in [5.74, 6) is 2.53. The summed E-state index contributed by atoms with van der Waals surface area (Å²) in [5, 5.41) is 6.63. The molecule has 1 heterocycles. The van der Waals surface area contributed by atoms with E-state index in [2.05, 4.69) is 36.4 Å². The van der Waals surface area contributed by atoms with Crippen LogP contribution in [0.25, 0.3) is 0 Å². The monoisotopic (exact) mass is 437 g/mol. The molecule has 0 atom stereocenters. The van der Waals surface area contributed by atoms with Crippen LogP contribution in [0.5, 0.6) is 0 Å². The zero-order valence-corrected chi connectivity index (χ0v) is 17.0. The summed E-state index contributed by atoms with van der Waals surface area (Å²) >= 11 is 0. The fourth-order valence-electron chi connectivity index (χ4n) is 1.82. The molecule has 23 heavy (non-hydrogen) atoms. The van der Waals surface area contributed by atoms with Crippen molar-refractivity contribution in [3.8, 4) is 0 Å². The molecule has 1 aromatic rings. The van der Waals surface area contributed by atoms with E-state index >= 15 is 0 Å². The van der Waals surface area contributed by atoms with E-state index in [-0.39, 0.29) is 24.0 Å². The Morgan fingerprint density at radius 1 is 1.26 bits per heavy atom. The van der Waals surface area contributed by atoms with Crippen molar-refractivity contribution in [1.29, 1.82) is 0 Å². The average molecular weight is 437 g/mol. The van der Waals surface area contributed by atoms with Gasteiger partial charge in [-0.3, -0.25) is 4.99 Å². The highest BCUT2D eigenvalue weighted by molar-refractivity contribution is 14.0. The largest absolute Gasteiger partial charge is 0.469 e. The van der Waals surface area contributed by atoms with Gasteiger partial charge in [-0.1, -0.05) is 20.8 Å². The fourth-order valence-corrected chi connectivity index (χ4v) is 1.82. The summed E-state index contributed by atoms with van der Waals surface area (Å²) in [6, 6.07) is 3.90. The average Bonchev–Trinajstić information content (AvgIpc) is 3.00. The van der Waals surface area contributed by atoms with Crippen molar-refractivity contribution in [3.63, 3.8) is 0 Å². The zero-order chi connectivity index (χ0) is 16.0. The van der Waals surface area contributed by atoms with Crippen molar-refractivity contribution in [2.45, 2.75) is 40.0 Å². The minimum absolute atomic E-state index is 0. The van der Waals surface area contributed by atoms with E-state index in [1.54, 1.807) is 6.26 Å². The molecule has 5 nitrogen and oxygen atoms in total. The second-order valence-electron chi connectivity index (χ2n) is 5.71. The molecule has 0 radical (unpaired) electrons. The molecule has 0 aliphatic carbocycles. The van der Waals surface area contributed by atoms with Crippen molar-refractivity contribution in [2.24, 2.45) is 10.9 Å². The number of ether oxygens (including phenoxy) is 1. The molecular formula is C17H32IN3O2. The molecule has 0 spiro atoms. The molecule has 0 aliphatic rings. The van der Waals surface area contributed by atoms with Gasteiger partial charge in [-0.2, -0.15) is 0 Å². The number of nitrogens with one attached hydrogen (secondary N) is 2. The lowest BCUT2D eigenvalue weighted by atomic mass is 10.1. The molecule has 0 aromatic carbocycles. The van der Waals surface area contributed by atoms with Gasteiger partial charge in [-0.25, -0.2) is 0 Å². The minimum Gasteiger partial charge on any atom is -0.469 e. The second kappa shape index (κ2) is 14.8. The number of halogens is 1. The normalized spacial score (nSPS) is 11.4. The molecule has 0 saturated carbocycles. The predicted octanol–water partition coefficient (Wildman–Crippen LogP) is 3.45. The van der Waals surface area contributed by atoms with Crippen LogP contribution in [0.3, 0.4) is 0 Å². The highest BCUT2D eigenvalue weighted by Crippen LogP contribution is 1.99. The van der Waals surface area contributed by atoms with Gasteiger partial charge in [0.05, 0.1) is 12.9 Å². The van der Waals surface area contributed by atoms with E-state index in [4.69, 9.17) is 9.15 Å². The topological polar surface area (TPSA) is 58.8 Å². The van der Waals surface area contributed by atoms with E-state index in [0.717, 1.165) is 57.2 Å². The first-order chi connectivity index (χ1) is 10.7. The molecule has 0 unspecified atom stereocenters. The second-order valence-corrected chi connectivity index (χ2v) is 5.71. The summed E-state index contributed by atoms with van der Waals surface area (Å²) in [7, 11) is 0. The van der Waals surface area contributed by atoms with Crippen LogP contribution < -0.4 is 10.6 Å². The summed E-state index contributed by atoms with van der Waals surface area (Å²) in [6.45, 7) is 10.5. The predicted molar refractivity (Wildman–Crippen MR) is 107 cm³/mol. The fraction of sp³-hybridized carbons (Fsp3) is 0.706. The summed E-state index contributed by atoms with van der Waals surface area (Å²) in [4.78, 5) is 4.52. The smallest absolute Gasteiger partial charge is 0.191 e. The van der Waals surface area contributed by atoms with Crippen molar-refractivity contribution < 1.29 is 9.15 Å². The maximum atomic E-state index is 5.60. The first-order valence-electron chi connectivity index (χ1n) is 8.34. The molecule has 1 rings (SSSR count). The minimum atomic E-state index is 0.